The molecule has 0 radical (unpaired) electrons. The highest BCUT2D eigenvalue weighted by Crippen LogP contribution is 2.14. The van der Waals surface area contributed by atoms with Gasteiger partial charge in [-0.3, -0.25) is 9.52 Å². The smallest absolute Gasteiger partial charge is 0.253 e. The summed E-state index contributed by atoms with van der Waals surface area (Å²) in [7, 11) is -1.58. The molecule has 0 atom stereocenters. The highest BCUT2D eigenvalue weighted by molar-refractivity contribution is 7.92. The van der Waals surface area contributed by atoms with Crippen LogP contribution in [0.3, 0.4) is 0 Å². The Kier molecular flexibility index (Phi) is 6.68. The minimum Gasteiger partial charge on any atom is -0.342 e. The highest BCUT2D eigenvalue weighted by atomic mass is 32.2. The molecule has 0 aliphatic rings. The molecule has 21 heavy (non-hydrogen) atoms. The normalized spacial score (nSPS) is 11.2. The van der Waals surface area contributed by atoms with E-state index in [9.17, 15) is 13.2 Å². The molecule has 1 amide bonds. The lowest BCUT2D eigenvalue weighted by molar-refractivity contribution is 0.0793. The van der Waals surface area contributed by atoms with Gasteiger partial charge in [0.2, 0.25) is 10.0 Å². The van der Waals surface area contributed by atoms with Crippen molar-refractivity contribution in [2.24, 2.45) is 0 Å². The van der Waals surface area contributed by atoms with Crippen LogP contribution >= 0.6 is 0 Å². The first-order valence-electron chi connectivity index (χ1n) is 7.25. The molecule has 5 nitrogen and oxygen atoms in total. The van der Waals surface area contributed by atoms with E-state index in [-0.39, 0.29) is 11.7 Å². The molecule has 0 bridgehead atoms. The fourth-order valence-corrected chi connectivity index (χ4v) is 3.06. The van der Waals surface area contributed by atoms with Crippen LogP contribution in [-0.4, -0.2) is 38.6 Å². The SMILES string of the molecule is CCCCN(C)C(=O)c1cccc(NS(=O)(=O)CCC)c1. The molecular weight excluding hydrogens is 288 g/mol. The Balaban J connectivity index is 2.83. The quantitative estimate of drug-likeness (QED) is 0.802. The third-order valence-corrected chi connectivity index (χ3v) is 4.54. The third kappa shape index (κ3) is 5.75. The van der Waals surface area contributed by atoms with Gasteiger partial charge < -0.3 is 4.90 Å². The molecule has 6 heteroatoms. The fourth-order valence-electron chi connectivity index (χ4n) is 1.93. The maximum atomic E-state index is 12.2. The number of rotatable bonds is 8. The third-order valence-electron chi connectivity index (χ3n) is 3.05. The van der Waals surface area contributed by atoms with Crippen LogP contribution in [0.25, 0.3) is 0 Å². The number of nitrogens with zero attached hydrogens (tertiary/aromatic N) is 1. The van der Waals surface area contributed by atoms with E-state index < -0.39 is 10.0 Å². The van der Waals surface area contributed by atoms with Gasteiger partial charge in [0, 0.05) is 24.8 Å². The molecule has 0 unspecified atom stereocenters. The van der Waals surface area contributed by atoms with Crippen molar-refractivity contribution >= 4 is 21.6 Å². The average Bonchev–Trinajstić information content (AvgIpc) is 2.43. The molecule has 0 saturated carbocycles. The predicted molar refractivity (Wildman–Crippen MR) is 86.0 cm³/mol. The number of unbranched alkanes of at least 4 members (excludes halogenated alkanes) is 1. The van der Waals surface area contributed by atoms with Gasteiger partial charge in [0.1, 0.15) is 0 Å². The van der Waals surface area contributed by atoms with E-state index in [1.54, 1.807) is 36.2 Å². The van der Waals surface area contributed by atoms with E-state index in [1.165, 1.54) is 0 Å². The van der Waals surface area contributed by atoms with E-state index >= 15 is 0 Å². The molecule has 0 spiro atoms. The number of anilines is 1. The second-order valence-corrected chi connectivity index (χ2v) is 6.92. The van der Waals surface area contributed by atoms with E-state index in [2.05, 4.69) is 11.6 Å². The Morgan fingerprint density at radius 2 is 1.95 bits per heavy atom. The molecular formula is C15H24N2O3S. The molecule has 0 aliphatic heterocycles. The van der Waals surface area contributed by atoms with Gasteiger partial charge in [-0.1, -0.05) is 26.3 Å². The number of amides is 1. The fraction of sp³-hybridized carbons (Fsp3) is 0.533. The lowest BCUT2D eigenvalue weighted by Crippen LogP contribution is -2.27. The van der Waals surface area contributed by atoms with Crippen molar-refractivity contribution in [1.29, 1.82) is 0 Å². The summed E-state index contributed by atoms with van der Waals surface area (Å²) in [5, 5.41) is 0. The topological polar surface area (TPSA) is 66.5 Å². The van der Waals surface area contributed by atoms with Crippen LogP contribution in [0.4, 0.5) is 5.69 Å². The van der Waals surface area contributed by atoms with Gasteiger partial charge in [-0.15, -0.1) is 0 Å². The summed E-state index contributed by atoms with van der Waals surface area (Å²) in [6.07, 6.45) is 2.52. The van der Waals surface area contributed by atoms with Gasteiger partial charge in [0.15, 0.2) is 0 Å². The zero-order valence-electron chi connectivity index (χ0n) is 12.9. The van der Waals surface area contributed by atoms with Crippen LogP contribution in [0.2, 0.25) is 0 Å². The van der Waals surface area contributed by atoms with Gasteiger partial charge >= 0.3 is 0 Å². The van der Waals surface area contributed by atoms with Crippen LogP contribution in [0, 0.1) is 0 Å². The zero-order valence-corrected chi connectivity index (χ0v) is 13.7. The molecule has 0 heterocycles. The Morgan fingerprint density at radius 3 is 2.57 bits per heavy atom. The Hall–Kier alpha value is -1.56. The number of hydrogen-bond donors (Lipinski definition) is 1. The number of carbonyl (C=O) groups is 1. The van der Waals surface area contributed by atoms with Crippen LogP contribution in [0.5, 0.6) is 0 Å². The van der Waals surface area contributed by atoms with Crippen molar-refractivity contribution in [3.63, 3.8) is 0 Å². The Morgan fingerprint density at radius 1 is 1.24 bits per heavy atom. The minimum absolute atomic E-state index is 0.0710. The van der Waals surface area contributed by atoms with Crippen LogP contribution in [-0.2, 0) is 10.0 Å². The minimum atomic E-state index is -3.34. The number of sulfonamides is 1. The summed E-state index contributed by atoms with van der Waals surface area (Å²) in [6, 6.07) is 6.61. The second-order valence-electron chi connectivity index (χ2n) is 5.08. The maximum absolute atomic E-state index is 12.2. The van der Waals surface area contributed by atoms with E-state index in [4.69, 9.17) is 0 Å². The standard InChI is InChI=1S/C15H24N2O3S/c1-4-6-10-17(3)15(18)13-8-7-9-14(12-13)16-21(19,20)11-5-2/h7-9,12,16H,4-6,10-11H2,1-3H3. The van der Waals surface area contributed by atoms with Crippen LogP contribution in [0.15, 0.2) is 24.3 Å². The van der Waals surface area contributed by atoms with Crippen molar-refractivity contribution in [3.05, 3.63) is 29.8 Å². The summed E-state index contributed by atoms with van der Waals surface area (Å²) in [5.74, 6) is -0.0262. The van der Waals surface area contributed by atoms with Gasteiger partial charge in [0.05, 0.1) is 5.75 Å². The van der Waals surface area contributed by atoms with Gasteiger partial charge in [0.25, 0.3) is 5.91 Å². The lowest BCUT2D eigenvalue weighted by Gasteiger charge is -2.17. The molecule has 0 aromatic heterocycles. The first-order valence-corrected chi connectivity index (χ1v) is 8.91. The van der Waals surface area contributed by atoms with Crippen LogP contribution < -0.4 is 4.72 Å². The summed E-state index contributed by atoms with van der Waals surface area (Å²) in [6.45, 7) is 4.57. The lowest BCUT2D eigenvalue weighted by atomic mass is 10.2. The summed E-state index contributed by atoms with van der Waals surface area (Å²) >= 11 is 0. The Labute approximate surface area is 127 Å². The number of nitrogens with one attached hydrogen (secondary N) is 1. The summed E-state index contributed by atoms with van der Waals surface area (Å²) in [4.78, 5) is 13.9. The van der Waals surface area contributed by atoms with Crippen LogP contribution in [0.1, 0.15) is 43.5 Å². The number of carbonyl (C=O) groups excluding carboxylic acids is 1. The van der Waals surface area contributed by atoms with Gasteiger partial charge in [-0.2, -0.15) is 0 Å². The first-order chi connectivity index (χ1) is 9.89. The molecule has 1 aromatic rings. The van der Waals surface area contributed by atoms with E-state index in [1.807, 2.05) is 6.92 Å². The summed E-state index contributed by atoms with van der Waals surface area (Å²) in [5.41, 5.74) is 0.920. The monoisotopic (exact) mass is 312 g/mol. The average molecular weight is 312 g/mol. The molecule has 1 rings (SSSR count). The molecule has 0 aliphatic carbocycles. The number of benzene rings is 1. The van der Waals surface area contributed by atoms with E-state index in [0.717, 1.165) is 12.8 Å². The number of hydrogen-bond acceptors (Lipinski definition) is 3. The van der Waals surface area contributed by atoms with Crippen molar-refractivity contribution < 1.29 is 13.2 Å². The Bertz CT molecular complexity index is 570. The van der Waals surface area contributed by atoms with Crippen molar-refractivity contribution in [1.82, 2.24) is 4.90 Å². The van der Waals surface area contributed by atoms with Gasteiger partial charge in [-0.25, -0.2) is 8.42 Å². The second kappa shape index (κ2) is 8.02. The highest BCUT2D eigenvalue weighted by Gasteiger charge is 2.13. The maximum Gasteiger partial charge on any atom is 0.253 e. The van der Waals surface area contributed by atoms with Gasteiger partial charge in [-0.05, 0) is 31.0 Å². The zero-order chi connectivity index (χ0) is 15.9. The molecule has 0 fully saturated rings. The molecule has 118 valence electrons. The van der Waals surface area contributed by atoms with E-state index in [0.29, 0.717) is 24.2 Å². The van der Waals surface area contributed by atoms with Crippen molar-refractivity contribution in [2.45, 2.75) is 33.1 Å². The molecule has 1 aromatic carbocycles. The largest absolute Gasteiger partial charge is 0.342 e. The summed E-state index contributed by atoms with van der Waals surface area (Å²) < 4.78 is 26.0. The molecule has 0 saturated heterocycles. The van der Waals surface area contributed by atoms with Crippen molar-refractivity contribution in [3.8, 4) is 0 Å². The molecule has 1 N–H and O–H groups in total. The predicted octanol–water partition coefficient (Wildman–Crippen LogP) is 2.71. The first kappa shape index (κ1) is 17.5. The van der Waals surface area contributed by atoms with Crippen molar-refractivity contribution in [2.75, 3.05) is 24.1 Å².